The molecule has 1 saturated carbocycles. The van der Waals surface area contributed by atoms with Crippen molar-refractivity contribution in [1.82, 2.24) is 5.32 Å². The van der Waals surface area contributed by atoms with Gasteiger partial charge >= 0.3 is 0 Å². The molecule has 3 heteroatoms. The summed E-state index contributed by atoms with van der Waals surface area (Å²) >= 11 is 0. The Morgan fingerprint density at radius 2 is 1.95 bits per heavy atom. The largest absolute Gasteiger partial charge is 0.491 e. The lowest BCUT2D eigenvalue weighted by atomic mass is 10.2. The van der Waals surface area contributed by atoms with Crippen molar-refractivity contribution >= 4 is 0 Å². The van der Waals surface area contributed by atoms with Crippen molar-refractivity contribution in [2.75, 3.05) is 13.2 Å². The molecule has 0 atom stereocenters. The number of rotatable bonds is 8. The van der Waals surface area contributed by atoms with Gasteiger partial charge in [-0.15, -0.1) is 0 Å². The third kappa shape index (κ3) is 5.14. The van der Waals surface area contributed by atoms with Gasteiger partial charge in [0.05, 0.1) is 18.8 Å². The number of nitrogens with one attached hydrogen (secondary N) is 1. The molecule has 0 aliphatic heterocycles. The quantitative estimate of drug-likeness (QED) is 0.737. The van der Waals surface area contributed by atoms with Crippen LogP contribution in [0.1, 0.15) is 45.1 Å². The summed E-state index contributed by atoms with van der Waals surface area (Å²) in [6, 6.07) is 8.22. The van der Waals surface area contributed by atoms with E-state index >= 15 is 0 Å². The SMILES string of the molecule is CC(C)Oc1ccccc1CNCCOC1CCCC1. The maximum absolute atomic E-state index is 5.84. The minimum absolute atomic E-state index is 0.210. The third-order valence-electron chi connectivity index (χ3n) is 3.59. The van der Waals surface area contributed by atoms with Crippen molar-refractivity contribution in [1.29, 1.82) is 0 Å². The van der Waals surface area contributed by atoms with Crippen LogP contribution < -0.4 is 10.1 Å². The highest BCUT2D eigenvalue weighted by atomic mass is 16.5. The lowest BCUT2D eigenvalue weighted by Gasteiger charge is -2.15. The summed E-state index contributed by atoms with van der Waals surface area (Å²) < 4.78 is 11.7. The summed E-state index contributed by atoms with van der Waals surface area (Å²) in [7, 11) is 0. The lowest BCUT2D eigenvalue weighted by molar-refractivity contribution is 0.0602. The highest BCUT2D eigenvalue weighted by molar-refractivity contribution is 5.33. The Bertz CT molecular complexity index is 386. The average molecular weight is 277 g/mol. The summed E-state index contributed by atoms with van der Waals surface area (Å²) in [6.07, 6.45) is 5.86. The molecule has 1 aliphatic carbocycles. The minimum atomic E-state index is 0.210. The standard InChI is InChI=1S/C17H27NO2/c1-14(2)20-17-10-6-3-7-15(17)13-18-11-12-19-16-8-4-5-9-16/h3,6-7,10,14,16,18H,4-5,8-9,11-13H2,1-2H3. The number of hydrogen-bond donors (Lipinski definition) is 1. The zero-order valence-corrected chi connectivity index (χ0v) is 12.7. The third-order valence-corrected chi connectivity index (χ3v) is 3.59. The predicted octanol–water partition coefficient (Wildman–Crippen LogP) is 3.52. The van der Waals surface area contributed by atoms with E-state index in [-0.39, 0.29) is 6.10 Å². The van der Waals surface area contributed by atoms with Gasteiger partial charge < -0.3 is 14.8 Å². The van der Waals surface area contributed by atoms with Gasteiger partial charge in [0.1, 0.15) is 5.75 Å². The minimum Gasteiger partial charge on any atom is -0.491 e. The van der Waals surface area contributed by atoms with Crippen LogP contribution in [0.3, 0.4) is 0 Å². The Kier molecular flexibility index (Phi) is 6.34. The van der Waals surface area contributed by atoms with Crippen LogP contribution in [0.15, 0.2) is 24.3 Å². The number of para-hydroxylation sites is 1. The van der Waals surface area contributed by atoms with Crippen molar-refractivity contribution < 1.29 is 9.47 Å². The van der Waals surface area contributed by atoms with Gasteiger partial charge in [-0.25, -0.2) is 0 Å². The summed E-state index contributed by atoms with van der Waals surface area (Å²) in [5.41, 5.74) is 1.21. The molecule has 3 nitrogen and oxygen atoms in total. The molecule has 1 N–H and O–H groups in total. The van der Waals surface area contributed by atoms with E-state index in [1.807, 2.05) is 12.1 Å². The summed E-state index contributed by atoms with van der Waals surface area (Å²) in [6.45, 7) is 6.64. The highest BCUT2D eigenvalue weighted by Crippen LogP contribution is 2.21. The Morgan fingerprint density at radius 1 is 1.20 bits per heavy atom. The van der Waals surface area contributed by atoms with Crippen LogP contribution in [0, 0.1) is 0 Å². The first-order valence-electron chi connectivity index (χ1n) is 7.82. The molecule has 0 aromatic heterocycles. The molecule has 0 spiro atoms. The fourth-order valence-corrected chi connectivity index (χ4v) is 2.59. The van der Waals surface area contributed by atoms with E-state index < -0.39 is 0 Å². The molecule has 0 saturated heterocycles. The van der Waals surface area contributed by atoms with Gasteiger partial charge in [0.2, 0.25) is 0 Å². The second kappa shape index (κ2) is 8.28. The second-order valence-electron chi connectivity index (χ2n) is 5.73. The van der Waals surface area contributed by atoms with Gasteiger partial charge in [0, 0.05) is 18.7 Å². The Morgan fingerprint density at radius 3 is 2.70 bits per heavy atom. The van der Waals surface area contributed by atoms with Crippen LogP contribution in [0.4, 0.5) is 0 Å². The smallest absolute Gasteiger partial charge is 0.124 e. The molecule has 20 heavy (non-hydrogen) atoms. The molecule has 1 aliphatic rings. The fourth-order valence-electron chi connectivity index (χ4n) is 2.59. The van der Waals surface area contributed by atoms with Gasteiger partial charge in [-0.2, -0.15) is 0 Å². The molecule has 2 rings (SSSR count). The summed E-state index contributed by atoms with van der Waals surface area (Å²) in [5.74, 6) is 0.978. The molecule has 1 fully saturated rings. The van der Waals surface area contributed by atoms with Crippen molar-refractivity contribution in [2.24, 2.45) is 0 Å². The number of benzene rings is 1. The van der Waals surface area contributed by atoms with E-state index in [1.165, 1.54) is 31.2 Å². The molecule has 0 radical (unpaired) electrons. The first-order valence-corrected chi connectivity index (χ1v) is 7.82. The highest BCUT2D eigenvalue weighted by Gasteiger charge is 2.14. The zero-order chi connectivity index (χ0) is 14.2. The first-order chi connectivity index (χ1) is 9.75. The van der Waals surface area contributed by atoms with Crippen LogP contribution in [-0.2, 0) is 11.3 Å². The number of hydrogen-bond acceptors (Lipinski definition) is 3. The van der Waals surface area contributed by atoms with E-state index in [0.717, 1.165) is 25.4 Å². The maximum atomic E-state index is 5.84. The molecular weight excluding hydrogens is 250 g/mol. The van der Waals surface area contributed by atoms with E-state index in [1.54, 1.807) is 0 Å². The normalized spacial score (nSPS) is 15.9. The van der Waals surface area contributed by atoms with Crippen LogP contribution in [0.25, 0.3) is 0 Å². The summed E-state index contributed by atoms with van der Waals surface area (Å²) in [5, 5.41) is 3.43. The van der Waals surface area contributed by atoms with Crippen LogP contribution >= 0.6 is 0 Å². The Labute approximate surface area is 122 Å². The molecule has 1 aromatic rings. The topological polar surface area (TPSA) is 30.5 Å². The zero-order valence-electron chi connectivity index (χ0n) is 12.7. The molecule has 0 heterocycles. The number of ether oxygens (including phenoxy) is 2. The van der Waals surface area contributed by atoms with Crippen LogP contribution in [0.2, 0.25) is 0 Å². The van der Waals surface area contributed by atoms with Crippen LogP contribution in [0.5, 0.6) is 5.75 Å². The van der Waals surface area contributed by atoms with E-state index in [4.69, 9.17) is 9.47 Å². The average Bonchev–Trinajstić information content (AvgIpc) is 2.93. The van der Waals surface area contributed by atoms with Gasteiger partial charge in [0.25, 0.3) is 0 Å². The second-order valence-corrected chi connectivity index (χ2v) is 5.73. The summed E-state index contributed by atoms with van der Waals surface area (Å²) in [4.78, 5) is 0. The van der Waals surface area contributed by atoms with Gasteiger partial charge in [-0.05, 0) is 32.8 Å². The molecule has 112 valence electrons. The molecule has 0 bridgehead atoms. The van der Waals surface area contributed by atoms with Crippen molar-refractivity contribution in [3.05, 3.63) is 29.8 Å². The van der Waals surface area contributed by atoms with E-state index in [2.05, 4.69) is 31.3 Å². The monoisotopic (exact) mass is 277 g/mol. The van der Waals surface area contributed by atoms with Crippen molar-refractivity contribution in [3.8, 4) is 5.75 Å². The van der Waals surface area contributed by atoms with Crippen molar-refractivity contribution in [2.45, 2.75) is 58.3 Å². The Hall–Kier alpha value is -1.06. The van der Waals surface area contributed by atoms with E-state index in [9.17, 15) is 0 Å². The van der Waals surface area contributed by atoms with Crippen LogP contribution in [-0.4, -0.2) is 25.4 Å². The van der Waals surface area contributed by atoms with Gasteiger partial charge in [0.15, 0.2) is 0 Å². The molecule has 0 unspecified atom stereocenters. The molecular formula is C17H27NO2. The van der Waals surface area contributed by atoms with Gasteiger partial charge in [-0.1, -0.05) is 31.0 Å². The first kappa shape index (κ1) is 15.3. The molecule has 0 amide bonds. The predicted molar refractivity (Wildman–Crippen MR) is 82.1 cm³/mol. The van der Waals surface area contributed by atoms with E-state index in [0.29, 0.717) is 6.10 Å². The van der Waals surface area contributed by atoms with Gasteiger partial charge in [-0.3, -0.25) is 0 Å². The lowest BCUT2D eigenvalue weighted by Crippen LogP contribution is -2.22. The van der Waals surface area contributed by atoms with Crippen molar-refractivity contribution in [3.63, 3.8) is 0 Å². The maximum Gasteiger partial charge on any atom is 0.124 e. The fraction of sp³-hybridized carbons (Fsp3) is 0.647. The Balaban J connectivity index is 1.67. The molecule has 1 aromatic carbocycles.